The molecule has 1 fully saturated rings. The third-order valence-corrected chi connectivity index (χ3v) is 4.62. The van der Waals surface area contributed by atoms with Crippen molar-refractivity contribution in [2.24, 2.45) is 0 Å². The van der Waals surface area contributed by atoms with Crippen LogP contribution in [0.4, 0.5) is 4.79 Å². The number of imide groups is 2. The van der Waals surface area contributed by atoms with Gasteiger partial charge in [0.1, 0.15) is 17.9 Å². The molecule has 4 amide bonds. The molecule has 2 N–H and O–H groups in total. The lowest BCUT2D eigenvalue weighted by Crippen LogP contribution is -2.51. The van der Waals surface area contributed by atoms with E-state index >= 15 is 0 Å². The number of carbonyl (C=O) groups is 3. The Labute approximate surface area is 162 Å². The Bertz CT molecular complexity index is 921. The fraction of sp³-hybridized carbons (Fsp3) is 0.0556. The Morgan fingerprint density at radius 1 is 1.04 bits per heavy atom. The molecule has 0 bridgehead atoms. The molecule has 26 heavy (non-hydrogen) atoms. The number of amides is 4. The van der Waals surface area contributed by atoms with Gasteiger partial charge in [-0.2, -0.15) is 0 Å². The fourth-order valence-corrected chi connectivity index (χ4v) is 2.91. The summed E-state index contributed by atoms with van der Waals surface area (Å²) in [6.07, 6.45) is 1.35. The second-order valence-electron chi connectivity index (χ2n) is 5.37. The van der Waals surface area contributed by atoms with Crippen LogP contribution in [0.1, 0.15) is 11.1 Å². The van der Waals surface area contributed by atoms with Crippen molar-refractivity contribution in [2.75, 3.05) is 0 Å². The van der Waals surface area contributed by atoms with Gasteiger partial charge in [0.05, 0.1) is 5.02 Å². The van der Waals surface area contributed by atoms with Crippen LogP contribution in [-0.4, -0.2) is 17.8 Å². The smallest absolute Gasteiger partial charge is 0.328 e. The van der Waals surface area contributed by atoms with Crippen molar-refractivity contribution in [2.45, 2.75) is 6.61 Å². The van der Waals surface area contributed by atoms with Gasteiger partial charge in [0, 0.05) is 10.0 Å². The molecule has 0 saturated carbocycles. The van der Waals surface area contributed by atoms with Crippen LogP contribution in [0.3, 0.4) is 0 Å². The Morgan fingerprint density at radius 3 is 2.38 bits per heavy atom. The van der Waals surface area contributed by atoms with Gasteiger partial charge in [-0.15, -0.1) is 0 Å². The van der Waals surface area contributed by atoms with E-state index in [1.807, 2.05) is 34.9 Å². The minimum atomic E-state index is -0.842. The summed E-state index contributed by atoms with van der Waals surface area (Å²) in [5.74, 6) is -1.05. The molecule has 1 aliphatic heterocycles. The van der Waals surface area contributed by atoms with E-state index in [0.717, 1.165) is 10.0 Å². The van der Waals surface area contributed by atoms with Crippen molar-refractivity contribution in [3.05, 3.63) is 68.7 Å². The highest BCUT2D eigenvalue weighted by Gasteiger charge is 2.27. The van der Waals surface area contributed by atoms with Crippen molar-refractivity contribution >= 4 is 51.5 Å². The van der Waals surface area contributed by atoms with E-state index in [4.69, 9.17) is 16.3 Å². The second-order valence-corrected chi connectivity index (χ2v) is 6.63. The van der Waals surface area contributed by atoms with Crippen molar-refractivity contribution in [1.29, 1.82) is 0 Å². The highest BCUT2D eigenvalue weighted by atomic mass is 79.9. The highest BCUT2D eigenvalue weighted by molar-refractivity contribution is 9.10. The Balaban J connectivity index is 1.76. The number of urea groups is 1. The SMILES string of the molecule is O=C1NC(=O)C(=Cc2ccc(OCc3ccccc3Br)c(Cl)c2)C(=O)N1. The van der Waals surface area contributed by atoms with Crippen LogP contribution in [0.2, 0.25) is 5.02 Å². The highest BCUT2D eigenvalue weighted by Crippen LogP contribution is 2.28. The van der Waals surface area contributed by atoms with Crippen molar-refractivity contribution in [3.63, 3.8) is 0 Å². The van der Waals surface area contributed by atoms with Crippen LogP contribution in [0.15, 0.2) is 52.5 Å². The molecule has 132 valence electrons. The molecule has 0 atom stereocenters. The van der Waals surface area contributed by atoms with Gasteiger partial charge in [-0.1, -0.05) is 51.8 Å². The van der Waals surface area contributed by atoms with Crippen LogP contribution < -0.4 is 15.4 Å². The zero-order valence-electron chi connectivity index (χ0n) is 13.2. The molecule has 1 heterocycles. The summed E-state index contributed by atoms with van der Waals surface area (Å²) >= 11 is 9.68. The minimum absolute atomic E-state index is 0.178. The van der Waals surface area contributed by atoms with Crippen LogP contribution in [0.5, 0.6) is 5.75 Å². The van der Waals surface area contributed by atoms with Gasteiger partial charge in [0.15, 0.2) is 0 Å². The number of halogens is 2. The average molecular weight is 436 g/mol. The predicted molar refractivity (Wildman–Crippen MR) is 99.6 cm³/mol. The molecule has 0 unspecified atom stereocenters. The lowest BCUT2D eigenvalue weighted by Gasteiger charge is -2.14. The largest absolute Gasteiger partial charge is 0.487 e. The minimum Gasteiger partial charge on any atom is -0.487 e. The molecule has 1 aliphatic rings. The summed E-state index contributed by atoms with van der Waals surface area (Å²) in [5.41, 5.74) is 1.32. The van der Waals surface area contributed by atoms with Crippen LogP contribution in [0.25, 0.3) is 6.08 Å². The molecule has 0 spiro atoms. The molecule has 1 saturated heterocycles. The van der Waals surface area contributed by atoms with Crippen molar-refractivity contribution in [1.82, 2.24) is 10.6 Å². The van der Waals surface area contributed by atoms with Crippen LogP contribution >= 0.6 is 27.5 Å². The first kappa shape index (κ1) is 18.2. The quantitative estimate of drug-likeness (QED) is 0.569. The molecule has 0 radical (unpaired) electrons. The van der Waals surface area contributed by atoms with Gasteiger partial charge in [-0.3, -0.25) is 20.2 Å². The Hall–Kier alpha value is -2.64. The molecular weight excluding hydrogens is 424 g/mol. The predicted octanol–water partition coefficient (Wildman–Crippen LogP) is 3.43. The average Bonchev–Trinajstić information content (AvgIpc) is 2.58. The van der Waals surface area contributed by atoms with E-state index in [0.29, 0.717) is 22.9 Å². The summed E-state index contributed by atoms with van der Waals surface area (Å²) in [4.78, 5) is 34.5. The number of nitrogens with one attached hydrogen (secondary N) is 2. The molecule has 6 nitrogen and oxygen atoms in total. The number of rotatable bonds is 4. The molecular formula is C18H12BrClN2O4. The molecule has 0 aliphatic carbocycles. The van der Waals surface area contributed by atoms with E-state index in [2.05, 4.69) is 15.9 Å². The number of barbiturate groups is 1. The lowest BCUT2D eigenvalue weighted by molar-refractivity contribution is -0.123. The topological polar surface area (TPSA) is 84.5 Å². The number of ether oxygens (including phenoxy) is 1. The fourth-order valence-electron chi connectivity index (χ4n) is 2.27. The van der Waals surface area contributed by atoms with Gasteiger partial charge in [-0.25, -0.2) is 4.79 Å². The van der Waals surface area contributed by atoms with E-state index < -0.39 is 17.8 Å². The van der Waals surface area contributed by atoms with E-state index in [-0.39, 0.29) is 5.57 Å². The maximum Gasteiger partial charge on any atom is 0.328 e. The number of carbonyl (C=O) groups excluding carboxylic acids is 3. The number of benzene rings is 2. The van der Waals surface area contributed by atoms with E-state index in [1.54, 1.807) is 18.2 Å². The van der Waals surface area contributed by atoms with Gasteiger partial charge in [0.25, 0.3) is 11.8 Å². The molecule has 3 rings (SSSR count). The Morgan fingerprint density at radius 2 is 1.73 bits per heavy atom. The van der Waals surface area contributed by atoms with Crippen molar-refractivity contribution < 1.29 is 19.1 Å². The summed E-state index contributed by atoms with van der Waals surface area (Å²) < 4.78 is 6.65. The van der Waals surface area contributed by atoms with Crippen LogP contribution in [0, 0.1) is 0 Å². The standard InChI is InChI=1S/C18H12BrClN2O4/c19-13-4-2-1-3-11(13)9-26-15-6-5-10(8-14(15)20)7-12-16(23)21-18(25)22-17(12)24/h1-8H,9H2,(H2,21,22,23,24,25). The first-order chi connectivity index (χ1) is 12.4. The van der Waals surface area contributed by atoms with E-state index in [9.17, 15) is 14.4 Å². The molecule has 2 aromatic rings. The maximum absolute atomic E-state index is 11.7. The number of hydrogen-bond donors (Lipinski definition) is 2. The first-order valence-electron chi connectivity index (χ1n) is 7.48. The molecule has 8 heteroatoms. The lowest BCUT2D eigenvalue weighted by atomic mass is 10.1. The van der Waals surface area contributed by atoms with Gasteiger partial charge in [0.2, 0.25) is 0 Å². The number of hydrogen-bond acceptors (Lipinski definition) is 4. The van der Waals surface area contributed by atoms with Gasteiger partial charge < -0.3 is 4.74 Å². The summed E-state index contributed by atoms with van der Waals surface area (Å²) in [6, 6.07) is 11.7. The molecule has 0 aromatic heterocycles. The second kappa shape index (κ2) is 7.72. The zero-order valence-corrected chi connectivity index (χ0v) is 15.6. The van der Waals surface area contributed by atoms with E-state index in [1.165, 1.54) is 6.08 Å². The summed E-state index contributed by atoms with van der Waals surface area (Å²) in [6.45, 7) is 0.328. The third kappa shape index (κ3) is 4.12. The van der Waals surface area contributed by atoms with Gasteiger partial charge in [-0.05, 0) is 29.8 Å². The monoisotopic (exact) mass is 434 g/mol. The summed E-state index contributed by atoms with van der Waals surface area (Å²) in [7, 11) is 0. The maximum atomic E-state index is 11.7. The van der Waals surface area contributed by atoms with Crippen LogP contribution in [-0.2, 0) is 16.2 Å². The Kier molecular flexibility index (Phi) is 5.39. The zero-order chi connectivity index (χ0) is 18.7. The van der Waals surface area contributed by atoms with Crippen molar-refractivity contribution in [3.8, 4) is 5.75 Å². The third-order valence-electron chi connectivity index (χ3n) is 3.55. The molecule has 2 aromatic carbocycles. The normalized spacial score (nSPS) is 13.9. The van der Waals surface area contributed by atoms with Gasteiger partial charge >= 0.3 is 6.03 Å². The summed E-state index contributed by atoms with van der Waals surface area (Å²) in [5, 5.41) is 4.35. The first-order valence-corrected chi connectivity index (χ1v) is 8.65.